The molecule has 0 aliphatic carbocycles. The summed E-state index contributed by atoms with van der Waals surface area (Å²) in [6.07, 6.45) is 3.43. The van der Waals surface area contributed by atoms with Crippen molar-refractivity contribution in [1.82, 2.24) is 10.2 Å². The van der Waals surface area contributed by atoms with Gasteiger partial charge in [-0.2, -0.15) is 0 Å². The van der Waals surface area contributed by atoms with E-state index in [0.717, 1.165) is 37.1 Å². The van der Waals surface area contributed by atoms with Crippen LogP contribution in [-0.4, -0.2) is 49.6 Å². The number of hydrogen-bond donors (Lipinski definition) is 1. The fourth-order valence-corrected chi connectivity index (χ4v) is 3.94. The molecular formula is C22H32N2O4. The van der Waals surface area contributed by atoms with Crippen molar-refractivity contribution in [3.63, 3.8) is 0 Å². The zero-order chi connectivity index (χ0) is 20.1. The van der Waals surface area contributed by atoms with Crippen molar-refractivity contribution in [2.45, 2.75) is 51.9 Å². The van der Waals surface area contributed by atoms with Gasteiger partial charge in [-0.05, 0) is 56.7 Å². The monoisotopic (exact) mass is 388 g/mol. The number of amides is 2. The Morgan fingerprint density at radius 2 is 1.96 bits per heavy atom. The minimum absolute atomic E-state index is 0.0996. The minimum Gasteiger partial charge on any atom is -0.486 e. The molecule has 2 amide bonds. The third-order valence-electron chi connectivity index (χ3n) is 5.67. The molecule has 1 N–H and O–H groups in total. The van der Waals surface area contributed by atoms with Crippen molar-refractivity contribution in [2.75, 3.05) is 32.8 Å². The van der Waals surface area contributed by atoms with Crippen molar-refractivity contribution in [2.24, 2.45) is 5.92 Å². The minimum atomic E-state index is -0.650. The predicted octanol–water partition coefficient (Wildman–Crippen LogP) is 2.89. The van der Waals surface area contributed by atoms with Gasteiger partial charge in [-0.3, -0.25) is 9.59 Å². The molecule has 1 aromatic carbocycles. The summed E-state index contributed by atoms with van der Waals surface area (Å²) >= 11 is 0. The SMILES string of the molecule is CCCC(=O)NC[C@H]1CCCN(C(=O)C(C)(C)c2ccc3c(c2)OCCO3)C1. The van der Waals surface area contributed by atoms with E-state index in [4.69, 9.17) is 9.47 Å². The van der Waals surface area contributed by atoms with Crippen LogP contribution < -0.4 is 14.8 Å². The van der Waals surface area contributed by atoms with Gasteiger partial charge in [0.15, 0.2) is 11.5 Å². The summed E-state index contributed by atoms with van der Waals surface area (Å²) in [4.78, 5) is 27.0. The van der Waals surface area contributed by atoms with Gasteiger partial charge in [-0.15, -0.1) is 0 Å². The Kier molecular flexibility index (Phi) is 6.47. The predicted molar refractivity (Wildman–Crippen MR) is 108 cm³/mol. The summed E-state index contributed by atoms with van der Waals surface area (Å²) < 4.78 is 11.3. The van der Waals surface area contributed by atoms with Crippen LogP contribution in [0.2, 0.25) is 0 Å². The van der Waals surface area contributed by atoms with Crippen molar-refractivity contribution in [3.8, 4) is 11.5 Å². The number of fused-ring (bicyclic) bond motifs is 1. The number of nitrogens with one attached hydrogen (secondary N) is 1. The molecule has 1 atom stereocenters. The Bertz CT molecular complexity index is 716. The lowest BCUT2D eigenvalue weighted by molar-refractivity contribution is -0.138. The van der Waals surface area contributed by atoms with Gasteiger partial charge in [-0.1, -0.05) is 13.0 Å². The summed E-state index contributed by atoms with van der Waals surface area (Å²) in [6.45, 7) is 9.13. The van der Waals surface area contributed by atoms with Crippen LogP contribution in [0.15, 0.2) is 18.2 Å². The van der Waals surface area contributed by atoms with Crippen LogP contribution in [-0.2, 0) is 15.0 Å². The summed E-state index contributed by atoms with van der Waals surface area (Å²) in [6, 6.07) is 5.78. The lowest BCUT2D eigenvalue weighted by Crippen LogP contribution is -2.49. The average Bonchev–Trinajstić information content (AvgIpc) is 2.71. The Balaban J connectivity index is 1.65. The Labute approximate surface area is 167 Å². The number of hydrogen-bond acceptors (Lipinski definition) is 4. The number of ether oxygens (including phenoxy) is 2. The van der Waals surface area contributed by atoms with Crippen molar-refractivity contribution >= 4 is 11.8 Å². The molecule has 0 spiro atoms. The zero-order valence-corrected chi connectivity index (χ0v) is 17.3. The van der Waals surface area contributed by atoms with Crippen molar-refractivity contribution in [1.29, 1.82) is 0 Å². The molecule has 28 heavy (non-hydrogen) atoms. The van der Waals surface area contributed by atoms with E-state index < -0.39 is 5.41 Å². The lowest BCUT2D eigenvalue weighted by atomic mass is 9.82. The van der Waals surface area contributed by atoms with Gasteiger partial charge < -0.3 is 19.7 Å². The maximum absolute atomic E-state index is 13.3. The smallest absolute Gasteiger partial charge is 0.232 e. The van der Waals surface area contributed by atoms with Gasteiger partial charge in [-0.25, -0.2) is 0 Å². The molecule has 0 bridgehead atoms. The standard InChI is InChI=1S/C22H32N2O4/c1-4-6-20(25)23-14-16-7-5-10-24(15-16)21(26)22(2,3)17-8-9-18-19(13-17)28-12-11-27-18/h8-9,13,16H,4-7,10-12,14-15H2,1-3H3,(H,23,25)/t16-/m1/s1. The highest BCUT2D eigenvalue weighted by molar-refractivity contribution is 5.87. The van der Waals surface area contributed by atoms with E-state index >= 15 is 0 Å². The normalized spacial score (nSPS) is 19.2. The molecular weight excluding hydrogens is 356 g/mol. The molecule has 1 fully saturated rings. The number of carbonyl (C=O) groups excluding carboxylic acids is 2. The maximum atomic E-state index is 13.3. The first kappa shape index (κ1) is 20.5. The molecule has 0 saturated carbocycles. The van der Waals surface area contributed by atoms with Crippen LogP contribution in [0.3, 0.4) is 0 Å². The molecule has 2 aliphatic rings. The first-order valence-corrected chi connectivity index (χ1v) is 10.4. The highest BCUT2D eigenvalue weighted by Crippen LogP contribution is 2.36. The molecule has 1 saturated heterocycles. The van der Waals surface area contributed by atoms with E-state index in [1.54, 1.807) is 0 Å². The molecule has 0 aromatic heterocycles. The maximum Gasteiger partial charge on any atom is 0.232 e. The Hall–Kier alpha value is -2.24. The van der Waals surface area contributed by atoms with E-state index in [2.05, 4.69) is 5.32 Å². The second-order valence-electron chi connectivity index (χ2n) is 8.30. The first-order chi connectivity index (χ1) is 13.4. The van der Waals surface area contributed by atoms with Gasteiger partial charge in [0.05, 0.1) is 5.41 Å². The first-order valence-electron chi connectivity index (χ1n) is 10.4. The van der Waals surface area contributed by atoms with E-state index in [1.807, 2.05) is 43.9 Å². The number of likely N-dealkylation sites (tertiary alicyclic amines) is 1. The average molecular weight is 389 g/mol. The quantitative estimate of drug-likeness (QED) is 0.814. The highest BCUT2D eigenvalue weighted by atomic mass is 16.6. The number of benzene rings is 1. The number of rotatable bonds is 6. The molecule has 0 unspecified atom stereocenters. The molecule has 2 aliphatic heterocycles. The summed E-state index contributed by atoms with van der Waals surface area (Å²) in [5.41, 5.74) is 0.281. The summed E-state index contributed by atoms with van der Waals surface area (Å²) in [5.74, 6) is 1.98. The second-order valence-corrected chi connectivity index (χ2v) is 8.30. The van der Waals surface area contributed by atoms with Crippen LogP contribution in [0.1, 0.15) is 52.0 Å². The third kappa shape index (κ3) is 4.59. The van der Waals surface area contributed by atoms with Crippen LogP contribution in [0, 0.1) is 5.92 Å². The van der Waals surface area contributed by atoms with E-state index in [-0.39, 0.29) is 11.8 Å². The van der Waals surface area contributed by atoms with E-state index in [0.29, 0.717) is 44.4 Å². The van der Waals surface area contributed by atoms with Crippen LogP contribution in [0.5, 0.6) is 11.5 Å². The fourth-order valence-electron chi connectivity index (χ4n) is 3.94. The zero-order valence-electron chi connectivity index (χ0n) is 17.3. The second kappa shape index (κ2) is 8.84. The largest absolute Gasteiger partial charge is 0.486 e. The van der Waals surface area contributed by atoms with Crippen molar-refractivity contribution in [3.05, 3.63) is 23.8 Å². The molecule has 2 heterocycles. The molecule has 0 radical (unpaired) electrons. The molecule has 3 rings (SSSR count). The third-order valence-corrected chi connectivity index (χ3v) is 5.67. The number of piperidine rings is 1. The lowest BCUT2D eigenvalue weighted by Gasteiger charge is -2.38. The van der Waals surface area contributed by atoms with Gasteiger partial charge in [0, 0.05) is 26.1 Å². The number of nitrogens with zero attached hydrogens (tertiary/aromatic N) is 1. The summed E-state index contributed by atoms with van der Waals surface area (Å²) in [7, 11) is 0. The van der Waals surface area contributed by atoms with E-state index in [1.165, 1.54) is 0 Å². The van der Waals surface area contributed by atoms with Crippen molar-refractivity contribution < 1.29 is 19.1 Å². The Morgan fingerprint density at radius 3 is 2.71 bits per heavy atom. The fraction of sp³-hybridized carbons (Fsp3) is 0.636. The van der Waals surface area contributed by atoms with Crippen LogP contribution in [0.25, 0.3) is 0 Å². The van der Waals surface area contributed by atoms with Crippen LogP contribution in [0.4, 0.5) is 0 Å². The Morgan fingerprint density at radius 1 is 1.21 bits per heavy atom. The molecule has 6 heteroatoms. The molecule has 154 valence electrons. The van der Waals surface area contributed by atoms with Gasteiger partial charge >= 0.3 is 0 Å². The van der Waals surface area contributed by atoms with Gasteiger partial charge in [0.1, 0.15) is 13.2 Å². The topological polar surface area (TPSA) is 67.9 Å². The highest BCUT2D eigenvalue weighted by Gasteiger charge is 2.36. The number of carbonyl (C=O) groups is 2. The van der Waals surface area contributed by atoms with Gasteiger partial charge in [0.2, 0.25) is 11.8 Å². The summed E-state index contributed by atoms with van der Waals surface area (Å²) in [5, 5.41) is 3.01. The van der Waals surface area contributed by atoms with E-state index in [9.17, 15) is 9.59 Å². The molecule has 6 nitrogen and oxygen atoms in total. The van der Waals surface area contributed by atoms with Crippen LogP contribution >= 0.6 is 0 Å². The van der Waals surface area contributed by atoms with Gasteiger partial charge in [0.25, 0.3) is 0 Å². The molecule has 1 aromatic rings.